The van der Waals surface area contributed by atoms with E-state index in [0.717, 1.165) is 32.0 Å². The normalized spacial score (nSPS) is 27.8. The van der Waals surface area contributed by atoms with Gasteiger partial charge in [0.25, 0.3) is 0 Å². The Bertz CT molecular complexity index is 771. The van der Waals surface area contributed by atoms with Gasteiger partial charge in [-0.15, -0.1) is 11.8 Å². The molecule has 3 N–H and O–H groups in total. The maximum absolute atomic E-state index is 13.3. The minimum atomic E-state index is -4.42. The summed E-state index contributed by atoms with van der Waals surface area (Å²) in [5, 5.41) is 16.1. The molecule has 174 valence electrons. The summed E-state index contributed by atoms with van der Waals surface area (Å²) in [6, 6.07) is 4.96. The number of halogens is 3. The van der Waals surface area contributed by atoms with Crippen molar-refractivity contribution in [3.8, 4) is 0 Å². The number of hydrogen-bond acceptors (Lipinski definition) is 5. The number of alkyl halides is 3. The SMILES string of the molecule is CCC(O)N1CCC(CC2(C)SC(N[C@@H](C)c3ccccc3C(F)(F)F)NC2=O)CC1. The van der Waals surface area contributed by atoms with E-state index in [1.165, 1.54) is 23.9 Å². The van der Waals surface area contributed by atoms with E-state index in [1.807, 2.05) is 13.8 Å². The van der Waals surface area contributed by atoms with E-state index in [1.54, 1.807) is 13.0 Å². The van der Waals surface area contributed by atoms with E-state index < -0.39 is 34.3 Å². The first kappa shape index (κ1) is 24.4. The van der Waals surface area contributed by atoms with Gasteiger partial charge in [-0.2, -0.15) is 13.2 Å². The number of carbonyl (C=O) groups is 1. The Morgan fingerprint density at radius 3 is 2.58 bits per heavy atom. The zero-order chi connectivity index (χ0) is 22.8. The number of aliphatic hydroxyl groups is 1. The lowest BCUT2D eigenvalue weighted by Crippen LogP contribution is -2.43. The predicted molar refractivity (Wildman–Crippen MR) is 116 cm³/mol. The second-order valence-electron chi connectivity index (χ2n) is 8.75. The third-order valence-corrected chi connectivity index (χ3v) is 7.73. The number of nitrogens with one attached hydrogen (secondary N) is 2. The third-order valence-electron chi connectivity index (χ3n) is 6.37. The van der Waals surface area contributed by atoms with Crippen LogP contribution in [0.5, 0.6) is 0 Å². The lowest BCUT2D eigenvalue weighted by molar-refractivity contribution is -0.138. The molecule has 0 aliphatic carbocycles. The van der Waals surface area contributed by atoms with Crippen LogP contribution in [0.4, 0.5) is 13.2 Å². The number of hydrogen-bond donors (Lipinski definition) is 3. The van der Waals surface area contributed by atoms with Gasteiger partial charge in [0.15, 0.2) is 0 Å². The summed E-state index contributed by atoms with van der Waals surface area (Å²) in [7, 11) is 0. The molecule has 1 aromatic carbocycles. The van der Waals surface area contributed by atoms with Crippen LogP contribution in [0.1, 0.15) is 63.6 Å². The second kappa shape index (κ2) is 9.68. The highest BCUT2D eigenvalue weighted by atomic mass is 32.2. The van der Waals surface area contributed by atoms with Gasteiger partial charge in [0.2, 0.25) is 5.91 Å². The molecular weight excluding hydrogens is 427 g/mol. The van der Waals surface area contributed by atoms with Crippen molar-refractivity contribution in [2.24, 2.45) is 5.92 Å². The van der Waals surface area contributed by atoms with E-state index in [4.69, 9.17) is 0 Å². The Morgan fingerprint density at radius 1 is 1.32 bits per heavy atom. The zero-order valence-corrected chi connectivity index (χ0v) is 19.0. The number of aliphatic hydroxyl groups excluding tert-OH is 1. The predicted octanol–water partition coefficient (Wildman–Crippen LogP) is 4.09. The Labute approximate surface area is 186 Å². The number of rotatable bonds is 7. The molecule has 0 saturated carbocycles. The summed E-state index contributed by atoms with van der Waals surface area (Å²) in [6.45, 7) is 7.18. The second-order valence-corrected chi connectivity index (χ2v) is 10.4. The summed E-state index contributed by atoms with van der Waals surface area (Å²) >= 11 is 1.45. The molecule has 0 spiro atoms. The number of likely N-dealkylation sites (tertiary alicyclic amines) is 1. The maximum atomic E-state index is 13.3. The van der Waals surface area contributed by atoms with Crippen LogP contribution in [0, 0.1) is 5.92 Å². The first-order valence-electron chi connectivity index (χ1n) is 10.9. The maximum Gasteiger partial charge on any atom is 0.416 e. The molecule has 1 amide bonds. The average Bonchev–Trinajstić information content (AvgIpc) is 3.00. The Balaban J connectivity index is 1.59. The first-order valence-corrected chi connectivity index (χ1v) is 11.7. The van der Waals surface area contributed by atoms with E-state index >= 15 is 0 Å². The molecule has 1 aromatic rings. The summed E-state index contributed by atoms with van der Waals surface area (Å²) in [5.41, 5.74) is -0.941. The fraction of sp³-hybridized carbons (Fsp3) is 0.682. The third kappa shape index (κ3) is 5.74. The van der Waals surface area contributed by atoms with Crippen LogP contribution < -0.4 is 10.6 Å². The Hall–Kier alpha value is -1.29. The van der Waals surface area contributed by atoms with Crippen LogP contribution >= 0.6 is 11.8 Å². The van der Waals surface area contributed by atoms with Crippen molar-refractivity contribution in [3.63, 3.8) is 0 Å². The van der Waals surface area contributed by atoms with E-state index in [-0.39, 0.29) is 11.5 Å². The molecule has 3 rings (SSSR count). The van der Waals surface area contributed by atoms with Crippen LogP contribution in [-0.2, 0) is 11.0 Å². The molecular formula is C22H32F3N3O2S. The van der Waals surface area contributed by atoms with Gasteiger partial charge in [0.05, 0.1) is 10.3 Å². The van der Waals surface area contributed by atoms with Gasteiger partial charge in [0.1, 0.15) is 11.7 Å². The molecule has 4 atom stereocenters. The number of amides is 1. The molecule has 2 heterocycles. The fourth-order valence-electron chi connectivity index (χ4n) is 4.55. The molecule has 2 aliphatic rings. The first-order chi connectivity index (χ1) is 14.5. The summed E-state index contributed by atoms with van der Waals surface area (Å²) in [6.07, 6.45) is -1.57. The highest BCUT2D eigenvalue weighted by Gasteiger charge is 2.46. The van der Waals surface area contributed by atoms with Crippen molar-refractivity contribution < 1.29 is 23.1 Å². The lowest BCUT2D eigenvalue weighted by atomic mass is 9.87. The van der Waals surface area contributed by atoms with Crippen LogP contribution in [0.2, 0.25) is 0 Å². The van der Waals surface area contributed by atoms with Gasteiger partial charge in [-0.3, -0.25) is 15.0 Å². The number of benzene rings is 1. The highest BCUT2D eigenvalue weighted by molar-refractivity contribution is 8.02. The summed E-state index contributed by atoms with van der Waals surface area (Å²) in [4.78, 5) is 14.8. The number of thioether (sulfide) groups is 1. The van der Waals surface area contributed by atoms with Gasteiger partial charge < -0.3 is 10.4 Å². The minimum absolute atomic E-state index is 0.0812. The Kier molecular flexibility index (Phi) is 7.61. The average molecular weight is 460 g/mol. The largest absolute Gasteiger partial charge is 0.416 e. The molecule has 3 unspecified atom stereocenters. The molecule has 31 heavy (non-hydrogen) atoms. The quantitative estimate of drug-likeness (QED) is 0.573. The van der Waals surface area contributed by atoms with Crippen molar-refractivity contribution in [3.05, 3.63) is 35.4 Å². The van der Waals surface area contributed by atoms with Gasteiger partial charge >= 0.3 is 6.18 Å². The van der Waals surface area contributed by atoms with Crippen molar-refractivity contribution >= 4 is 17.7 Å². The molecule has 9 heteroatoms. The molecule has 2 fully saturated rings. The van der Waals surface area contributed by atoms with Crippen molar-refractivity contribution in [1.29, 1.82) is 0 Å². The van der Waals surface area contributed by atoms with E-state index in [9.17, 15) is 23.1 Å². The monoisotopic (exact) mass is 459 g/mol. The van der Waals surface area contributed by atoms with Crippen molar-refractivity contribution in [2.45, 2.75) is 75.1 Å². The van der Waals surface area contributed by atoms with Gasteiger partial charge in [-0.1, -0.05) is 25.1 Å². The van der Waals surface area contributed by atoms with Crippen LogP contribution in [-0.4, -0.2) is 45.5 Å². The van der Waals surface area contributed by atoms with Gasteiger partial charge in [0, 0.05) is 19.1 Å². The highest BCUT2D eigenvalue weighted by Crippen LogP contribution is 2.42. The Morgan fingerprint density at radius 2 is 1.97 bits per heavy atom. The molecule has 2 aliphatic heterocycles. The van der Waals surface area contributed by atoms with Gasteiger partial charge in [-0.25, -0.2) is 0 Å². The molecule has 2 saturated heterocycles. The summed E-state index contributed by atoms with van der Waals surface area (Å²) in [5.74, 6) is 0.299. The van der Waals surface area contributed by atoms with E-state index in [2.05, 4.69) is 15.5 Å². The molecule has 5 nitrogen and oxygen atoms in total. The van der Waals surface area contributed by atoms with Crippen LogP contribution in [0.15, 0.2) is 24.3 Å². The summed E-state index contributed by atoms with van der Waals surface area (Å²) < 4.78 is 39.4. The molecule has 0 bridgehead atoms. The smallest absolute Gasteiger partial charge is 0.378 e. The van der Waals surface area contributed by atoms with Crippen LogP contribution in [0.3, 0.4) is 0 Å². The fourth-order valence-corrected chi connectivity index (χ4v) is 6.00. The number of piperidine rings is 1. The zero-order valence-electron chi connectivity index (χ0n) is 18.2. The van der Waals surface area contributed by atoms with Gasteiger partial charge in [-0.05, 0) is 57.1 Å². The standard InChI is InChI=1S/C22H32F3N3O2S/c1-4-18(29)28-11-9-15(10-12-28)13-21(3)19(30)27-20(31-21)26-14(2)16-7-5-6-8-17(16)22(23,24)25/h5-8,14-15,18,20,26,29H,4,9-13H2,1-3H3,(H,27,30)/t14-,18?,20?,21?/m0/s1. The minimum Gasteiger partial charge on any atom is -0.378 e. The lowest BCUT2D eigenvalue weighted by Gasteiger charge is -2.36. The molecule has 0 radical (unpaired) electrons. The molecule has 0 aromatic heterocycles. The van der Waals surface area contributed by atoms with Crippen LogP contribution in [0.25, 0.3) is 0 Å². The number of carbonyl (C=O) groups excluding carboxylic acids is 1. The van der Waals surface area contributed by atoms with Crippen molar-refractivity contribution in [1.82, 2.24) is 15.5 Å². The number of nitrogens with zero attached hydrogens (tertiary/aromatic N) is 1. The van der Waals surface area contributed by atoms with Crippen molar-refractivity contribution in [2.75, 3.05) is 13.1 Å². The van der Waals surface area contributed by atoms with E-state index in [0.29, 0.717) is 18.8 Å². The topological polar surface area (TPSA) is 64.6 Å².